The standard InChI is InChI=1S/C17H28FNS/c1-3-4-5-6-7-8-11-16(19-2)14-20-17-12-9-10-15(18)13-17/h9-10,12-13,16,19H,3-8,11,14H2,1-2H3. The van der Waals surface area contributed by atoms with Gasteiger partial charge in [-0.25, -0.2) is 4.39 Å². The van der Waals surface area contributed by atoms with Crippen molar-refractivity contribution in [1.82, 2.24) is 5.32 Å². The molecule has 0 amide bonds. The molecule has 1 aromatic carbocycles. The molecule has 0 spiro atoms. The molecule has 0 aliphatic carbocycles. The maximum absolute atomic E-state index is 13.1. The molecular formula is C17H28FNS. The normalized spacial score (nSPS) is 12.6. The molecule has 0 radical (unpaired) electrons. The molecule has 1 rings (SSSR count). The molecule has 0 fully saturated rings. The molecule has 0 saturated carbocycles. The second-order valence-electron chi connectivity index (χ2n) is 5.31. The predicted octanol–water partition coefficient (Wildman–Crippen LogP) is 5.26. The first-order valence-corrected chi connectivity index (χ1v) is 8.80. The van der Waals surface area contributed by atoms with Gasteiger partial charge < -0.3 is 5.32 Å². The molecule has 0 heterocycles. The number of hydrogen-bond donors (Lipinski definition) is 1. The molecule has 1 N–H and O–H groups in total. The third kappa shape index (κ3) is 7.91. The molecule has 1 unspecified atom stereocenters. The van der Waals surface area contributed by atoms with Gasteiger partial charge in [-0.1, -0.05) is 51.5 Å². The van der Waals surface area contributed by atoms with E-state index in [4.69, 9.17) is 0 Å². The number of benzene rings is 1. The maximum Gasteiger partial charge on any atom is 0.124 e. The summed E-state index contributed by atoms with van der Waals surface area (Å²) >= 11 is 1.74. The largest absolute Gasteiger partial charge is 0.316 e. The van der Waals surface area contributed by atoms with Gasteiger partial charge in [0.15, 0.2) is 0 Å². The van der Waals surface area contributed by atoms with Crippen LogP contribution in [0.1, 0.15) is 51.9 Å². The molecule has 0 bridgehead atoms. The van der Waals surface area contributed by atoms with Crippen LogP contribution in [-0.2, 0) is 0 Å². The number of hydrogen-bond acceptors (Lipinski definition) is 2. The van der Waals surface area contributed by atoms with Crippen molar-refractivity contribution >= 4 is 11.8 Å². The van der Waals surface area contributed by atoms with Gasteiger partial charge in [-0.2, -0.15) is 0 Å². The van der Waals surface area contributed by atoms with Crippen molar-refractivity contribution in [3.05, 3.63) is 30.1 Å². The number of thioether (sulfide) groups is 1. The topological polar surface area (TPSA) is 12.0 Å². The lowest BCUT2D eigenvalue weighted by Gasteiger charge is -2.15. The van der Waals surface area contributed by atoms with E-state index in [1.54, 1.807) is 23.9 Å². The summed E-state index contributed by atoms with van der Waals surface area (Å²) in [7, 11) is 2.02. The molecule has 114 valence electrons. The summed E-state index contributed by atoms with van der Waals surface area (Å²) in [4.78, 5) is 1.02. The highest BCUT2D eigenvalue weighted by atomic mass is 32.2. The average Bonchev–Trinajstić information content (AvgIpc) is 2.46. The Balaban J connectivity index is 2.16. The van der Waals surface area contributed by atoms with Crippen LogP contribution >= 0.6 is 11.8 Å². The fraction of sp³-hybridized carbons (Fsp3) is 0.647. The SMILES string of the molecule is CCCCCCCCC(CSc1cccc(F)c1)NC. The molecule has 0 aliphatic heterocycles. The molecule has 1 atom stereocenters. The van der Waals surface area contributed by atoms with Gasteiger partial charge in [0, 0.05) is 16.7 Å². The Kier molecular flexibility index (Phi) is 9.77. The van der Waals surface area contributed by atoms with Gasteiger partial charge in [0.2, 0.25) is 0 Å². The van der Waals surface area contributed by atoms with E-state index in [2.05, 4.69) is 12.2 Å². The van der Waals surface area contributed by atoms with E-state index in [0.29, 0.717) is 6.04 Å². The van der Waals surface area contributed by atoms with Crippen molar-refractivity contribution in [3.8, 4) is 0 Å². The van der Waals surface area contributed by atoms with Crippen LogP contribution < -0.4 is 5.32 Å². The van der Waals surface area contributed by atoms with Crippen molar-refractivity contribution in [2.24, 2.45) is 0 Å². The molecule has 3 heteroatoms. The van der Waals surface area contributed by atoms with Crippen LogP contribution in [0.5, 0.6) is 0 Å². The Morgan fingerprint density at radius 3 is 2.60 bits per heavy atom. The van der Waals surface area contributed by atoms with E-state index in [0.717, 1.165) is 10.6 Å². The van der Waals surface area contributed by atoms with Gasteiger partial charge in [0.1, 0.15) is 5.82 Å². The number of halogens is 1. The Morgan fingerprint density at radius 2 is 1.90 bits per heavy atom. The quantitative estimate of drug-likeness (QED) is 0.442. The van der Waals surface area contributed by atoms with Crippen molar-refractivity contribution in [3.63, 3.8) is 0 Å². The van der Waals surface area contributed by atoms with Crippen LogP contribution in [0.15, 0.2) is 29.2 Å². The Bertz CT molecular complexity index is 357. The van der Waals surface area contributed by atoms with Crippen molar-refractivity contribution in [2.75, 3.05) is 12.8 Å². The zero-order valence-corrected chi connectivity index (χ0v) is 13.6. The molecule has 0 saturated heterocycles. The molecule has 1 nitrogen and oxygen atoms in total. The lowest BCUT2D eigenvalue weighted by molar-refractivity contribution is 0.514. The number of unbranched alkanes of at least 4 members (excludes halogenated alkanes) is 5. The number of nitrogens with one attached hydrogen (secondary N) is 1. The Hall–Kier alpha value is -0.540. The van der Waals surface area contributed by atoms with Crippen LogP contribution in [0.2, 0.25) is 0 Å². The first-order chi connectivity index (χ1) is 9.76. The maximum atomic E-state index is 13.1. The summed E-state index contributed by atoms with van der Waals surface area (Å²) in [5.41, 5.74) is 0. The number of rotatable bonds is 11. The lowest BCUT2D eigenvalue weighted by Crippen LogP contribution is -2.27. The summed E-state index contributed by atoms with van der Waals surface area (Å²) in [5, 5.41) is 3.37. The molecule has 1 aromatic rings. The van der Waals surface area contributed by atoms with Gasteiger partial charge in [-0.05, 0) is 31.7 Å². The smallest absolute Gasteiger partial charge is 0.124 e. The van der Waals surface area contributed by atoms with Crippen LogP contribution in [0.4, 0.5) is 4.39 Å². The summed E-state index contributed by atoms with van der Waals surface area (Å²) in [6.45, 7) is 2.25. The molecule has 20 heavy (non-hydrogen) atoms. The summed E-state index contributed by atoms with van der Waals surface area (Å²) in [6.07, 6.45) is 9.25. The predicted molar refractivity (Wildman–Crippen MR) is 88.0 cm³/mol. The van der Waals surface area contributed by atoms with Gasteiger partial charge in [0.05, 0.1) is 0 Å². The van der Waals surface area contributed by atoms with E-state index >= 15 is 0 Å². The minimum Gasteiger partial charge on any atom is -0.316 e. The minimum atomic E-state index is -0.146. The Labute approximate surface area is 127 Å². The van der Waals surface area contributed by atoms with E-state index in [9.17, 15) is 4.39 Å². The van der Waals surface area contributed by atoms with Crippen molar-refractivity contribution in [2.45, 2.75) is 62.8 Å². The minimum absolute atomic E-state index is 0.146. The Morgan fingerprint density at radius 1 is 1.15 bits per heavy atom. The third-order valence-electron chi connectivity index (χ3n) is 3.56. The third-order valence-corrected chi connectivity index (χ3v) is 4.72. The van der Waals surface area contributed by atoms with Crippen molar-refractivity contribution in [1.29, 1.82) is 0 Å². The zero-order chi connectivity index (χ0) is 14.6. The van der Waals surface area contributed by atoms with Crippen LogP contribution in [-0.4, -0.2) is 18.8 Å². The summed E-state index contributed by atoms with van der Waals surface area (Å²) < 4.78 is 13.1. The van der Waals surface area contributed by atoms with Gasteiger partial charge in [0.25, 0.3) is 0 Å². The van der Waals surface area contributed by atoms with Crippen LogP contribution in [0.3, 0.4) is 0 Å². The fourth-order valence-electron chi connectivity index (χ4n) is 2.24. The fourth-order valence-corrected chi connectivity index (χ4v) is 3.33. The second kappa shape index (κ2) is 11.2. The highest BCUT2D eigenvalue weighted by Crippen LogP contribution is 2.21. The van der Waals surface area contributed by atoms with E-state index in [1.165, 1.54) is 51.0 Å². The molecular weight excluding hydrogens is 269 g/mol. The van der Waals surface area contributed by atoms with Gasteiger partial charge >= 0.3 is 0 Å². The van der Waals surface area contributed by atoms with Crippen LogP contribution in [0.25, 0.3) is 0 Å². The van der Waals surface area contributed by atoms with Crippen LogP contribution in [0, 0.1) is 5.82 Å². The first-order valence-electron chi connectivity index (χ1n) is 7.82. The van der Waals surface area contributed by atoms with Gasteiger partial charge in [-0.3, -0.25) is 0 Å². The van der Waals surface area contributed by atoms with E-state index < -0.39 is 0 Å². The van der Waals surface area contributed by atoms with E-state index in [1.807, 2.05) is 13.1 Å². The summed E-state index contributed by atoms with van der Waals surface area (Å²) in [5.74, 6) is 0.862. The average molecular weight is 297 g/mol. The molecule has 0 aromatic heterocycles. The second-order valence-corrected chi connectivity index (χ2v) is 6.40. The first kappa shape index (κ1) is 17.5. The lowest BCUT2D eigenvalue weighted by atomic mass is 10.1. The highest BCUT2D eigenvalue weighted by Gasteiger charge is 2.07. The van der Waals surface area contributed by atoms with Crippen molar-refractivity contribution < 1.29 is 4.39 Å². The zero-order valence-electron chi connectivity index (χ0n) is 12.8. The van der Waals surface area contributed by atoms with E-state index in [-0.39, 0.29) is 5.82 Å². The van der Waals surface area contributed by atoms with Gasteiger partial charge in [-0.15, -0.1) is 11.8 Å². The molecule has 0 aliphatic rings. The monoisotopic (exact) mass is 297 g/mol. The highest BCUT2D eigenvalue weighted by molar-refractivity contribution is 7.99. The summed E-state index contributed by atoms with van der Waals surface area (Å²) in [6, 6.07) is 7.39.